The Balaban J connectivity index is 1.85. The molecule has 7 heteroatoms. The maximum Gasteiger partial charge on any atom is 0.244 e. The minimum Gasteiger partial charge on any atom is -0.550 e. The number of carboxylic acid groups (broad SMARTS) is 1. The Morgan fingerprint density at radius 2 is 2.00 bits per heavy atom. The van der Waals surface area contributed by atoms with Gasteiger partial charge in [-0.2, -0.15) is 0 Å². The number of halogens is 1. The number of amides is 1. The molecular formula is C20H18ClN2O3S-. The minimum absolute atomic E-state index is 0.0779. The highest BCUT2D eigenvalue weighted by Gasteiger charge is 2.15. The van der Waals surface area contributed by atoms with E-state index in [2.05, 4.69) is 5.32 Å². The third-order valence-electron chi connectivity index (χ3n) is 4.27. The number of benzene rings is 1. The Kier molecular flexibility index (Phi) is 5.98. The molecule has 3 aromatic rings. The molecule has 0 radical (unpaired) electrons. The molecule has 2 aromatic heterocycles. The number of anilines is 1. The summed E-state index contributed by atoms with van der Waals surface area (Å²) < 4.78 is 1.85. The molecule has 140 valence electrons. The molecule has 2 heterocycles. The van der Waals surface area contributed by atoms with E-state index < -0.39 is 5.97 Å². The largest absolute Gasteiger partial charge is 0.550 e. The topological polar surface area (TPSA) is 74.2 Å². The Hall–Kier alpha value is -2.57. The molecule has 0 aliphatic heterocycles. The molecule has 0 saturated heterocycles. The summed E-state index contributed by atoms with van der Waals surface area (Å²) in [6, 6.07) is 13.0. The molecule has 1 N–H and O–H groups in total. The van der Waals surface area contributed by atoms with Gasteiger partial charge in [-0.3, -0.25) is 4.79 Å². The molecule has 0 fully saturated rings. The fraction of sp³-hybridized carbons (Fsp3) is 0.200. The van der Waals surface area contributed by atoms with Gasteiger partial charge in [-0.05, 0) is 61.0 Å². The first-order chi connectivity index (χ1) is 13.0. The summed E-state index contributed by atoms with van der Waals surface area (Å²) in [6.07, 6.45) is 0.208. The highest BCUT2D eigenvalue weighted by Crippen LogP contribution is 2.28. The van der Waals surface area contributed by atoms with Gasteiger partial charge in [0.15, 0.2) is 0 Å². The van der Waals surface area contributed by atoms with Crippen LogP contribution in [0, 0.1) is 6.92 Å². The molecule has 5 nitrogen and oxygen atoms in total. The molecule has 27 heavy (non-hydrogen) atoms. The van der Waals surface area contributed by atoms with Crippen molar-refractivity contribution in [3.8, 4) is 10.6 Å². The van der Waals surface area contributed by atoms with E-state index in [0.29, 0.717) is 17.1 Å². The number of hydrogen-bond acceptors (Lipinski definition) is 4. The van der Waals surface area contributed by atoms with Crippen LogP contribution in [0.25, 0.3) is 10.6 Å². The second-order valence-corrected chi connectivity index (χ2v) is 7.46. The predicted octanol–water partition coefficient (Wildman–Crippen LogP) is 3.50. The highest BCUT2D eigenvalue weighted by molar-refractivity contribution is 7.13. The number of aromatic nitrogens is 1. The second kappa shape index (κ2) is 8.41. The molecule has 0 aliphatic carbocycles. The van der Waals surface area contributed by atoms with E-state index in [1.807, 2.05) is 41.1 Å². The molecule has 1 amide bonds. The van der Waals surface area contributed by atoms with Crippen LogP contribution in [0.4, 0.5) is 5.69 Å². The number of thiophene rings is 1. The fourth-order valence-corrected chi connectivity index (χ4v) is 3.80. The van der Waals surface area contributed by atoms with Gasteiger partial charge in [-0.15, -0.1) is 11.3 Å². The van der Waals surface area contributed by atoms with Gasteiger partial charge in [-0.25, -0.2) is 0 Å². The van der Waals surface area contributed by atoms with Gasteiger partial charge in [0.1, 0.15) is 6.54 Å². The van der Waals surface area contributed by atoms with Crippen molar-refractivity contribution in [2.45, 2.75) is 26.3 Å². The van der Waals surface area contributed by atoms with Crippen molar-refractivity contribution in [3.63, 3.8) is 0 Å². The van der Waals surface area contributed by atoms with Gasteiger partial charge in [0.05, 0.1) is 10.6 Å². The SMILES string of the molecule is Cc1c(Cl)cccc1NC(=O)Cn1c(CCC(=O)[O-])ccc1-c1cccs1. The molecule has 0 aliphatic rings. The predicted molar refractivity (Wildman–Crippen MR) is 106 cm³/mol. The molecule has 0 saturated carbocycles. The Labute approximate surface area is 166 Å². The lowest BCUT2D eigenvalue weighted by molar-refractivity contribution is -0.305. The van der Waals surface area contributed by atoms with Crippen molar-refractivity contribution in [3.05, 3.63) is 64.1 Å². The van der Waals surface area contributed by atoms with Crippen LogP contribution in [0.15, 0.2) is 47.8 Å². The molecule has 0 unspecified atom stereocenters. The number of carbonyl (C=O) groups excluding carboxylic acids is 2. The van der Waals surface area contributed by atoms with E-state index in [1.54, 1.807) is 29.5 Å². The first-order valence-electron chi connectivity index (χ1n) is 8.43. The summed E-state index contributed by atoms with van der Waals surface area (Å²) in [6.45, 7) is 1.92. The highest BCUT2D eigenvalue weighted by atomic mass is 35.5. The van der Waals surface area contributed by atoms with Crippen LogP contribution >= 0.6 is 22.9 Å². The third-order valence-corrected chi connectivity index (χ3v) is 5.58. The zero-order valence-electron chi connectivity index (χ0n) is 14.7. The lowest BCUT2D eigenvalue weighted by Crippen LogP contribution is -2.24. The lowest BCUT2D eigenvalue weighted by Gasteiger charge is -2.15. The van der Waals surface area contributed by atoms with Crippen molar-refractivity contribution < 1.29 is 14.7 Å². The minimum atomic E-state index is -1.11. The molecule has 0 spiro atoms. The smallest absolute Gasteiger partial charge is 0.244 e. The van der Waals surface area contributed by atoms with Crippen molar-refractivity contribution in [1.82, 2.24) is 4.57 Å². The van der Waals surface area contributed by atoms with Gasteiger partial charge in [0.2, 0.25) is 5.91 Å². The molecule has 3 rings (SSSR count). The zero-order valence-corrected chi connectivity index (χ0v) is 16.3. The second-order valence-electron chi connectivity index (χ2n) is 6.11. The van der Waals surface area contributed by atoms with Gasteiger partial charge in [-0.1, -0.05) is 23.7 Å². The van der Waals surface area contributed by atoms with E-state index >= 15 is 0 Å². The monoisotopic (exact) mass is 401 g/mol. The summed E-state index contributed by atoms with van der Waals surface area (Å²) in [5.74, 6) is -1.32. The summed E-state index contributed by atoms with van der Waals surface area (Å²) in [4.78, 5) is 24.5. The first kappa shape index (κ1) is 19.2. The number of carboxylic acids is 1. The van der Waals surface area contributed by atoms with Gasteiger partial charge in [0, 0.05) is 22.4 Å². The average Bonchev–Trinajstić information content (AvgIpc) is 3.27. The number of aryl methyl sites for hydroxylation is 1. The summed E-state index contributed by atoms with van der Waals surface area (Å²) in [5, 5.41) is 16.3. The quantitative estimate of drug-likeness (QED) is 0.658. The van der Waals surface area contributed by atoms with Gasteiger partial charge < -0.3 is 19.8 Å². The summed E-state index contributed by atoms with van der Waals surface area (Å²) >= 11 is 7.68. The van der Waals surface area contributed by atoms with Crippen LogP contribution in [0.1, 0.15) is 17.7 Å². The van der Waals surface area contributed by atoms with Gasteiger partial charge >= 0.3 is 0 Å². The summed E-state index contributed by atoms with van der Waals surface area (Å²) in [7, 11) is 0. The van der Waals surface area contributed by atoms with Crippen LogP contribution in [0.2, 0.25) is 5.02 Å². The number of hydrogen-bond donors (Lipinski definition) is 1. The maximum atomic E-state index is 12.7. The average molecular weight is 402 g/mol. The fourth-order valence-electron chi connectivity index (χ4n) is 2.86. The Bertz CT molecular complexity index is 964. The normalized spacial score (nSPS) is 10.7. The summed E-state index contributed by atoms with van der Waals surface area (Å²) in [5.41, 5.74) is 3.13. The Morgan fingerprint density at radius 1 is 1.19 bits per heavy atom. The van der Waals surface area contributed by atoms with E-state index in [9.17, 15) is 14.7 Å². The van der Waals surface area contributed by atoms with Crippen molar-refractivity contribution >= 4 is 40.5 Å². The molecule has 0 bridgehead atoms. The number of rotatable bonds is 7. The molecule has 0 atom stereocenters. The van der Waals surface area contributed by atoms with Crippen LogP contribution in [-0.2, 0) is 22.6 Å². The standard InChI is InChI=1S/C20H19ClN2O3S/c1-13-15(21)4-2-5-16(13)22-19(24)12-23-14(8-10-20(25)26)7-9-17(23)18-6-3-11-27-18/h2-7,9,11H,8,10,12H2,1H3,(H,22,24)(H,25,26)/p-1. The number of carbonyl (C=O) groups is 2. The van der Waals surface area contributed by atoms with Crippen LogP contribution in [-0.4, -0.2) is 16.4 Å². The van der Waals surface area contributed by atoms with E-state index in [4.69, 9.17) is 11.6 Å². The molecular weight excluding hydrogens is 384 g/mol. The van der Waals surface area contributed by atoms with E-state index in [1.165, 1.54) is 0 Å². The number of aliphatic carboxylic acids is 1. The van der Waals surface area contributed by atoms with E-state index in [-0.39, 0.29) is 18.9 Å². The van der Waals surface area contributed by atoms with Crippen molar-refractivity contribution in [2.24, 2.45) is 0 Å². The lowest BCUT2D eigenvalue weighted by atomic mass is 10.2. The van der Waals surface area contributed by atoms with Crippen LogP contribution < -0.4 is 10.4 Å². The van der Waals surface area contributed by atoms with Crippen molar-refractivity contribution in [1.29, 1.82) is 0 Å². The number of nitrogens with one attached hydrogen (secondary N) is 1. The van der Waals surface area contributed by atoms with E-state index in [0.717, 1.165) is 21.8 Å². The van der Waals surface area contributed by atoms with Crippen LogP contribution in [0.3, 0.4) is 0 Å². The number of nitrogens with zero attached hydrogens (tertiary/aromatic N) is 1. The zero-order chi connectivity index (χ0) is 19.4. The first-order valence-corrected chi connectivity index (χ1v) is 9.68. The third kappa shape index (κ3) is 4.59. The Morgan fingerprint density at radius 3 is 2.70 bits per heavy atom. The van der Waals surface area contributed by atoms with Crippen molar-refractivity contribution in [2.75, 3.05) is 5.32 Å². The molecule has 1 aromatic carbocycles. The van der Waals surface area contributed by atoms with Crippen LogP contribution in [0.5, 0.6) is 0 Å². The van der Waals surface area contributed by atoms with Gasteiger partial charge in [0.25, 0.3) is 0 Å². The maximum absolute atomic E-state index is 12.7.